The second-order valence-electron chi connectivity index (χ2n) is 4.85. The fourth-order valence-electron chi connectivity index (χ4n) is 2.60. The first-order chi connectivity index (χ1) is 8.43. The van der Waals surface area contributed by atoms with Crippen LogP contribution < -0.4 is 4.84 Å². The van der Waals surface area contributed by atoms with E-state index in [0.717, 1.165) is 23.9 Å². The molecule has 3 heteroatoms. The molecule has 90 valence electrons. The van der Waals surface area contributed by atoms with Crippen molar-refractivity contribution in [2.45, 2.75) is 32.1 Å². The number of nitrogens with zero attached hydrogens (tertiary/aromatic N) is 2. The monoisotopic (exact) mass is 230 g/mol. The van der Waals surface area contributed by atoms with E-state index in [9.17, 15) is 0 Å². The maximum atomic E-state index is 5.89. The molecular formula is C14H18N2O. The fourth-order valence-corrected chi connectivity index (χ4v) is 2.60. The van der Waals surface area contributed by atoms with Gasteiger partial charge >= 0.3 is 0 Å². The van der Waals surface area contributed by atoms with Crippen molar-refractivity contribution in [3.05, 3.63) is 30.6 Å². The topological polar surface area (TPSA) is 27.1 Å². The minimum Gasteiger partial charge on any atom is -0.413 e. The molecule has 0 aromatic carbocycles. The van der Waals surface area contributed by atoms with Crippen LogP contribution in [0.3, 0.4) is 0 Å². The summed E-state index contributed by atoms with van der Waals surface area (Å²) in [6.07, 6.45) is 10.5. The summed E-state index contributed by atoms with van der Waals surface area (Å²) >= 11 is 0. The van der Waals surface area contributed by atoms with E-state index in [1.54, 1.807) is 0 Å². The minimum absolute atomic E-state index is 0.731. The van der Waals surface area contributed by atoms with Crippen LogP contribution in [-0.4, -0.2) is 16.3 Å². The Hall–Kier alpha value is -1.51. The van der Waals surface area contributed by atoms with Crippen LogP contribution in [0.5, 0.6) is 0 Å². The van der Waals surface area contributed by atoms with E-state index in [1.165, 1.54) is 32.1 Å². The number of aromatic nitrogens is 2. The minimum atomic E-state index is 0.731. The number of hydrogen-bond acceptors (Lipinski definition) is 2. The Kier molecular flexibility index (Phi) is 2.99. The van der Waals surface area contributed by atoms with Crippen molar-refractivity contribution in [1.82, 2.24) is 9.71 Å². The van der Waals surface area contributed by atoms with Crippen LogP contribution in [0.25, 0.3) is 11.4 Å². The van der Waals surface area contributed by atoms with E-state index in [0.29, 0.717) is 0 Å². The maximum Gasteiger partial charge on any atom is 0.117 e. The predicted molar refractivity (Wildman–Crippen MR) is 66.9 cm³/mol. The highest BCUT2D eigenvalue weighted by Gasteiger charge is 2.15. The first-order valence-electron chi connectivity index (χ1n) is 6.49. The summed E-state index contributed by atoms with van der Waals surface area (Å²) in [4.78, 5) is 10.2. The smallest absolute Gasteiger partial charge is 0.117 e. The van der Waals surface area contributed by atoms with Crippen LogP contribution in [-0.2, 0) is 0 Å². The first-order valence-corrected chi connectivity index (χ1v) is 6.49. The van der Waals surface area contributed by atoms with Gasteiger partial charge in [0.1, 0.15) is 12.3 Å². The number of hydrogen-bond donors (Lipinski definition) is 0. The molecule has 2 heterocycles. The summed E-state index contributed by atoms with van der Waals surface area (Å²) in [6.45, 7) is 0.828. The van der Waals surface area contributed by atoms with Crippen molar-refractivity contribution in [2.75, 3.05) is 6.61 Å². The normalized spacial score (nSPS) is 17.4. The zero-order valence-electron chi connectivity index (χ0n) is 10.0. The average Bonchev–Trinajstić information content (AvgIpc) is 2.86. The largest absolute Gasteiger partial charge is 0.413 e. The third-order valence-corrected chi connectivity index (χ3v) is 3.60. The van der Waals surface area contributed by atoms with E-state index in [-0.39, 0.29) is 0 Å². The van der Waals surface area contributed by atoms with Gasteiger partial charge in [0.05, 0.1) is 5.69 Å². The van der Waals surface area contributed by atoms with Crippen molar-refractivity contribution >= 4 is 0 Å². The van der Waals surface area contributed by atoms with Gasteiger partial charge in [0.25, 0.3) is 0 Å². The molecule has 0 unspecified atom stereocenters. The lowest BCUT2D eigenvalue weighted by Gasteiger charge is -2.22. The molecule has 0 aromatic heterocycles. The zero-order valence-corrected chi connectivity index (χ0v) is 10.0. The fraction of sp³-hybridized carbons (Fsp3) is 0.500. The summed E-state index contributed by atoms with van der Waals surface area (Å²) < 4.78 is 1.86. The van der Waals surface area contributed by atoms with Gasteiger partial charge in [-0.15, -0.1) is 0 Å². The van der Waals surface area contributed by atoms with Gasteiger partial charge in [0.2, 0.25) is 0 Å². The molecule has 1 aliphatic carbocycles. The Morgan fingerprint density at radius 2 is 2.12 bits per heavy atom. The molecule has 0 atom stereocenters. The highest BCUT2D eigenvalue weighted by Crippen LogP contribution is 2.24. The van der Waals surface area contributed by atoms with Gasteiger partial charge in [-0.2, -0.15) is 4.73 Å². The predicted octanol–water partition coefficient (Wildman–Crippen LogP) is 3.00. The molecule has 0 radical (unpaired) electrons. The van der Waals surface area contributed by atoms with Crippen molar-refractivity contribution in [2.24, 2.45) is 5.92 Å². The standard InChI is InChI=1S/C14H18N2O/c1-2-5-12(6-3-1)11-17-16-10-4-7-13-14(16)8-9-15-13/h4,7-10,12H,1-3,5-6,11H2. The highest BCUT2D eigenvalue weighted by molar-refractivity contribution is 5.55. The van der Waals surface area contributed by atoms with Gasteiger partial charge in [-0.1, -0.05) is 19.3 Å². The molecule has 0 amide bonds. The van der Waals surface area contributed by atoms with Crippen molar-refractivity contribution < 1.29 is 4.84 Å². The Morgan fingerprint density at radius 1 is 1.24 bits per heavy atom. The Bertz CT molecular complexity index is 446. The Balaban J connectivity index is 1.66. The summed E-state index contributed by atoms with van der Waals surface area (Å²) in [5, 5.41) is 0. The van der Waals surface area contributed by atoms with Crippen LogP contribution >= 0.6 is 0 Å². The molecule has 0 spiro atoms. The number of pyridine rings is 1. The molecule has 1 fully saturated rings. The van der Waals surface area contributed by atoms with Crippen LogP contribution in [0.2, 0.25) is 0 Å². The Labute approximate surface area is 102 Å². The van der Waals surface area contributed by atoms with E-state index in [4.69, 9.17) is 4.84 Å². The van der Waals surface area contributed by atoms with Crippen molar-refractivity contribution in [3.63, 3.8) is 0 Å². The lowest BCUT2D eigenvalue weighted by molar-refractivity contribution is 0.0700. The van der Waals surface area contributed by atoms with Gasteiger partial charge in [-0.05, 0) is 37.0 Å². The average molecular weight is 230 g/mol. The molecule has 0 aromatic rings. The molecule has 1 saturated carbocycles. The van der Waals surface area contributed by atoms with E-state index < -0.39 is 0 Å². The molecule has 2 aliphatic heterocycles. The summed E-state index contributed by atoms with van der Waals surface area (Å²) in [5.74, 6) is 0.731. The van der Waals surface area contributed by atoms with Gasteiger partial charge in [-0.25, -0.2) is 0 Å². The summed E-state index contributed by atoms with van der Waals surface area (Å²) in [5.41, 5.74) is 2.06. The molecule has 0 bridgehead atoms. The zero-order chi connectivity index (χ0) is 11.5. The second kappa shape index (κ2) is 4.78. The SMILES string of the molecule is c1cc2nccc-2n(OCC2CCCCC2)c1. The summed E-state index contributed by atoms with van der Waals surface area (Å²) in [6, 6.07) is 5.99. The van der Waals surface area contributed by atoms with Gasteiger partial charge in [-0.3, -0.25) is 4.98 Å². The molecule has 3 aliphatic rings. The molecule has 3 nitrogen and oxygen atoms in total. The van der Waals surface area contributed by atoms with Gasteiger partial charge in [0, 0.05) is 12.4 Å². The number of fused-ring (bicyclic) bond motifs is 1. The first kappa shape index (κ1) is 10.6. The van der Waals surface area contributed by atoms with Crippen molar-refractivity contribution in [1.29, 1.82) is 0 Å². The van der Waals surface area contributed by atoms with Crippen LogP contribution in [0.15, 0.2) is 30.6 Å². The van der Waals surface area contributed by atoms with Crippen molar-refractivity contribution in [3.8, 4) is 11.4 Å². The van der Waals surface area contributed by atoms with E-state index in [1.807, 2.05) is 35.3 Å². The van der Waals surface area contributed by atoms with Gasteiger partial charge in [0.15, 0.2) is 0 Å². The van der Waals surface area contributed by atoms with Gasteiger partial charge < -0.3 is 4.84 Å². The lowest BCUT2D eigenvalue weighted by Crippen LogP contribution is -2.22. The molecule has 0 N–H and O–H groups in total. The highest BCUT2D eigenvalue weighted by atomic mass is 16.7. The molecule has 17 heavy (non-hydrogen) atoms. The third kappa shape index (κ3) is 2.28. The van der Waals surface area contributed by atoms with Crippen LogP contribution in [0.4, 0.5) is 0 Å². The lowest BCUT2D eigenvalue weighted by atomic mass is 9.90. The second-order valence-corrected chi connectivity index (χ2v) is 4.85. The maximum absolute atomic E-state index is 5.89. The Morgan fingerprint density at radius 3 is 3.00 bits per heavy atom. The number of rotatable bonds is 3. The third-order valence-electron chi connectivity index (χ3n) is 3.60. The summed E-state index contributed by atoms with van der Waals surface area (Å²) in [7, 11) is 0. The van der Waals surface area contributed by atoms with E-state index in [2.05, 4.69) is 4.98 Å². The quantitative estimate of drug-likeness (QED) is 0.810. The van der Waals surface area contributed by atoms with E-state index >= 15 is 0 Å². The molecular weight excluding hydrogens is 212 g/mol. The molecule has 0 saturated heterocycles. The molecule has 3 rings (SSSR count). The van der Waals surface area contributed by atoms with Crippen LogP contribution in [0.1, 0.15) is 32.1 Å². The van der Waals surface area contributed by atoms with Crippen LogP contribution in [0, 0.1) is 5.92 Å².